The normalized spacial score (nSPS) is 14.0. The minimum absolute atomic E-state index is 0.162. The van der Waals surface area contributed by atoms with E-state index in [4.69, 9.17) is 4.74 Å². The summed E-state index contributed by atoms with van der Waals surface area (Å²) in [6.45, 7) is 2.98. The highest BCUT2D eigenvalue weighted by Crippen LogP contribution is 2.23. The van der Waals surface area contributed by atoms with Crippen LogP contribution in [0, 0.1) is 6.92 Å². The summed E-state index contributed by atoms with van der Waals surface area (Å²) in [6, 6.07) is 12.4. The van der Waals surface area contributed by atoms with E-state index in [-0.39, 0.29) is 12.3 Å². The molecule has 1 heterocycles. The molecule has 0 bridgehead atoms. The molecule has 5 nitrogen and oxygen atoms in total. The van der Waals surface area contributed by atoms with Crippen molar-refractivity contribution in [3.05, 3.63) is 70.3 Å². The third kappa shape index (κ3) is 3.46. The fourth-order valence-electron chi connectivity index (χ4n) is 2.95. The van der Waals surface area contributed by atoms with Gasteiger partial charge in [0.1, 0.15) is 0 Å². The van der Waals surface area contributed by atoms with Crippen LogP contribution in [0.1, 0.15) is 45.1 Å². The van der Waals surface area contributed by atoms with Crippen molar-refractivity contribution in [2.45, 2.75) is 32.6 Å². The maximum absolute atomic E-state index is 12.6. The first-order valence-corrected chi connectivity index (χ1v) is 7.82. The highest BCUT2D eigenvalue weighted by atomic mass is 16.5. The Balaban J connectivity index is 1.83. The molecule has 2 aromatic rings. The lowest BCUT2D eigenvalue weighted by Crippen LogP contribution is -2.30. The summed E-state index contributed by atoms with van der Waals surface area (Å²) in [5.41, 5.74) is 4.38. The van der Waals surface area contributed by atoms with Crippen molar-refractivity contribution in [1.82, 2.24) is 5.32 Å². The Morgan fingerprint density at radius 3 is 2.67 bits per heavy atom. The second-order valence-electron chi connectivity index (χ2n) is 5.96. The van der Waals surface area contributed by atoms with Crippen LogP contribution in [0.25, 0.3) is 0 Å². The summed E-state index contributed by atoms with van der Waals surface area (Å²) in [7, 11) is 0. The SMILES string of the molecule is Cc1ccccc1C(CC(=O)O)NC(=O)c1ccc2c(c1)COC2. The molecule has 1 aliphatic heterocycles. The van der Waals surface area contributed by atoms with Crippen LogP contribution in [0.5, 0.6) is 0 Å². The fraction of sp³-hybridized carbons (Fsp3) is 0.263. The maximum Gasteiger partial charge on any atom is 0.305 e. The monoisotopic (exact) mass is 325 g/mol. The standard InChI is InChI=1S/C19H19NO4/c1-12-4-2-3-5-16(12)17(9-18(21)22)20-19(23)13-6-7-14-10-24-11-15(14)8-13/h2-8,17H,9-11H2,1H3,(H,20,23)(H,21,22). The molecule has 0 fully saturated rings. The Bertz CT molecular complexity index is 785. The van der Waals surface area contributed by atoms with Crippen LogP contribution in [0.4, 0.5) is 0 Å². The predicted octanol–water partition coefficient (Wildman–Crippen LogP) is 2.97. The van der Waals surface area contributed by atoms with E-state index in [0.29, 0.717) is 18.8 Å². The van der Waals surface area contributed by atoms with Crippen molar-refractivity contribution in [3.63, 3.8) is 0 Å². The summed E-state index contributed by atoms with van der Waals surface area (Å²) in [5, 5.41) is 12.0. The van der Waals surface area contributed by atoms with Gasteiger partial charge in [0, 0.05) is 5.56 Å². The number of hydrogen-bond donors (Lipinski definition) is 2. The second-order valence-corrected chi connectivity index (χ2v) is 5.96. The van der Waals surface area contributed by atoms with Crippen molar-refractivity contribution in [2.24, 2.45) is 0 Å². The number of hydrogen-bond acceptors (Lipinski definition) is 3. The molecule has 3 rings (SSSR count). The molecule has 0 spiro atoms. The topological polar surface area (TPSA) is 75.6 Å². The van der Waals surface area contributed by atoms with Crippen LogP contribution in [0.3, 0.4) is 0 Å². The average Bonchev–Trinajstić information content (AvgIpc) is 3.01. The second kappa shape index (κ2) is 6.84. The molecule has 1 unspecified atom stereocenters. The Morgan fingerprint density at radius 1 is 1.17 bits per heavy atom. The van der Waals surface area contributed by atoms with Crippen LogP contribution < -0.4 is 5.32 Å². The van der Waals surface area contributed by atoms with Crippen molar-refractivity contribution in [2.75, 3.05) is 0 Å². The van der Waals surface area contributed by atoms with Gasteiger partial charge < -0.3 is 15.2 Å². The van der Waals surface area contributed by atoms with E-state index in [1.54, 1.807) is 6.07 Å². The molecule has 0 aromatic heterocycles. The largest absolute Gasteiger partial charge is 0.481 e. The minimum atomic E-state index is -0.953. The summed E-state index contributed by atoms with van der Waals surface area (Å²) in [4.78, 5) is 23.8. The number of nitrogens with one attached hydrogen (secondary N) is 1. The molecule has 0 saturated heterocycles. The van der Waals surface area contributed by atoms with E-state index in [1.165, 1.54) is 0 Å². The lowest BCUT2D eigenvalue weighted by atomic mass is 9.98. The zero-order chi connectivity index (χ0) is 17.1. The van der Waals surface area contributed by atoms with Crippen LogP contribution >= 0.6 is 0 Å². The van der Waals surface area contributed by atoms with E-state index in [0.717, 1.165) is 22.3 Å². The highest BCUT2D eigenvalue weighted by molar-refractivity contribution is 5.95. The first kappa shape index (κ1) is 16.2. The number of benzene rings is 2. The fourth-order valence-corrected chi connectivity index (χ4v) is 2.95. The first-order chi connectivity index (χ1) is 11.5. The summed E-state index contributed by atoms with van der Waals surface area (Å²) < 4.78 is 5.36. The van der Waals surface area contributed by atoms with Crippen LogP contribution in [0.2, 0.25) is 0 Å². The van der Waals surface area contributed by atoms with Gasteiger partial charge in [-0.25, -0.2) is 0 Å². The predicted molar refractivity (Wildman–Crippen MR) is 88.6 cm³/mol. The number of rotatable bonds is 5. The molecule has 1 amide bonds. The van der Waals surface area contributed by atoms with E-state index in [2.05, 4.69) is 5.32 Å². The molecule has 0 radical (unpaired) electrons. The van der Waals surface area contributed by atoms with E-state index in [1.807, 2.05) is 43.3 Å². The Morgan fingerprint density at radius 2 is 1.92 bits per heavy atom. The Kier molecular flexibility index (Phi) is 4.62. The Labute approximate surface area is 140 Å². The molecule has 124 valence electrons. The van der Waals surface area contributed by atoms with Gasteiger partial charge in [-0.1, -0.05) is 30.3 Å². The van der Waals surface area contributed by atoms with Gasteiger partial charge in [-0.15, -0.1) is 0 Å². The minimum Gasteiger partial charge on any atom is -0.481 e. The lowest BCUT2D eigenvalue weighted by molar-refractivity contribution is -0.137. The van der Waals surface area contributed by atoms with Gasteiger partial charge in [-0.2, -0.15) is 0 Å². The molecule has 2 N–H and O–H groups in total. The van der Waals surface area contributed by atoms with Gasteiger partial charge >= 0.3 is 5.97 Å². The quantitative estimate of drug-likeness (QED) is 0.886. The summed E-state index contributed by atoms with van der Waals surface area (Å²) in [6.07, 6.45) is -0.162. The van der Waals surface area contributed by atoms with Crippen LogP contribution in [-0.4, -0.2) is 17.0 Å². The number of amides is 1. The first-order valence-electron chi connectivity index (χ1n) is 7.82. The summed E-state index contributed by atoms with van der Waals surface area (Å²) in [5.74, 6) is -1.23. The molecular weight excluding hydrogens is 306 g/mol. The average molecular weight is 325 g/mol. The van der Waals surface area contributed by atoms with Gasteiger partial charge in [0.05, 0.1) is 25.7 Å². The number of carboxylic acids is 1. The number of carbonyl (C=O) groups excluding carboxylic acids is 1. The molecule has 5 heteroatoms. The van der Waals surface area contributed by atoms with Crippen molar-refractivity contribution in [1.29, 1.82) is 0 Å². The molecule has 1 atom stereocenters. The number of aryl methyl sites for hydroxylation is 1. The molecule has 24 heavy (non-hydrogen) atoms. The van der Waals surface area contributed by atoms with Crippen LogP contribution in [0.15, 0.2) is 42.5 Å². The zero-order valence-corrected chi connectivity index (χ0v) is 13.4. The van der Waals surface area contributed by atoms with Crippen molar-refractivity contribution < 1.29 is 19.4 Å². The van der Waals surface area contributed by atoms with Gasteiger partial charge in [-0.3, -0.25) is 9.59 Å². The van der Waals surface area contributed by atoms with Gasteiger partial charge in [0.25, 0.3) is 5.91 Å². The molecule has 0 aliphatic carbocycles. The smallest absolute Gasteiger partial charge is 0.305 e. The van der Waals surface area contributed by atoms with Gasteiger partial charge in [0.2, 0.25) is 0 Å². The van der Waals surface area contributed by atoms with Gasteiger partial charge in [0.15, 0.2) is 0 Å². The molecule has 0 saturated carbocycles. The lowest BCUT2D eigenvalue weighted by Gasteiger charge is -2.19. The van der Waals surface area contributed by atoms with Crippen LogP contribution in [-0.2, 0) is 22.7 Å². The van der Waals surface area contributed by atoms with E-state index < -0.39 is 12.0 Å². The number of carbonyl (C=O) groups is 2. The number of carboxylic acid groups (broad SMARTS) is 1. The third-order valence-corrected chi connectivity index (χ3v) is 4.23. The number of ether oxygens (including phenoxy) is 1. The number of aliphatic carboxylic acids is 1. The van der Waals surface area contributed by atoms with Gasteiger partial charge in [-0.05, 0) is 41.3 Å². The maximum atomic E-state index is 12.6. The molecule has 1 aliphatic rings. The van der Waals surface area contributed by atoms with Crippen molar-refractivity contribution >= 4 is 11.9 Å². The highest BCUT2D eigenvalue weighted by Gasteiger charge is 2.21. The number of fused-ring (bicyclic) bond motifs is 1. The van der Waals surface area contributed by atoms with E-state index in [9.17, 15) is 14.7 Å². The Hall–Kier alpha value is -2.66. The molecular formula is C19H19NO4. The summed E-state index contributed by atoms with van der Waals surface area (Å²) >= 11 is 0. The zero-order valence-electron chi connectivity index (χ0n) is 13.4. The third-order valence-electron chi connectivity index (χ3n) is 4.23. The molecule has 2 aromatic carbocycles. The van der Waals surface area contributed by atoms with Crippen molar-refractivity contribution in [3.8, 4) is 0 Å². The van der Waals surface area contributed by atoms with E-state index >= 15 is 0 Å².